The van der Waals surface area contributed by atoms with Crippen LogP contribution in [0.15, 0.2) is 71.6 Å². The predicted octanol–water partition coefficient (Wildman–Crippen LogP) is 5.58. The second-order valence-electron chi connectivity index (χ2n) is 7.74. The van der Waals surface area contributed by atoms with Gasteiger partial charge in [-0.15, -0.1) is 0 Å². The van der Waals surface area contributed by atoms with E-state index in [4.69, 9.17) is 14.2 Å². The molecule has 1 atom stereocenters. The van der Waals surface area contributed by atoms with E-state index in [2.05, 4.69) is 10.6 Å². The number of ether oxygens (including phenoxy) is 3. The lowest BCUT2D eigenvalue weighted by Crippen LogP contribution is -2.31. The first kappa shape index (κ1) is 23.6. The summed E-state index contributed by atoms with van der Waals surface area (Å²) in [5.41, 5.74) is 3.58. The van der Waals surface area contributed by atoms with E-state index in [1.807, 2.05) is 86.7 Å². The number of aryl methyl sites for hydroxylation is 1. The fourth-order valence-corrected chi connectivity index (χ4v) is 4.51. The number of hydrogen-bond donors (Lipinski definition) is 2. The third kappa shape index (κ3) is 5.85. The van der Waals surface area contributed by atoms with E-state index in [-0.39, 0.29) is 11.4 Å². The fourth-order valence-electron chi connectivity index (χ4n) is 3.53. The normalized spacial score (nSPS) is 16.3. The molecule has 3 aromatic carbocycles. The minimum Gasteiger partial charge on any atom is -0.495 e. The van der Waals surface area contributed by atoms with Gasteiger partial charge in [-0.1, -0.05) is 54.2 Å². The van der Waals surface area contributed by atoms with E-state index < -0.39 is 0 Å². The molecule has 3 aromatic rings. The summed E-state index contributed by atoms with van der Waals surface area (Å²) in [6, 6.07) is 21.6. The van der Waals surface area contributed by atoms with Gasteiger partial charge in [-0.2, -0.15) is 0 Å². The summed E-state index contributed by atoms with van der Waals surface area (Å²) in [5.74, 6) is 1.92. The van der Waals surface area contributed by atoms with Gasteiger partial charge in [0.25, 0.3) is 5.91 Å². The summed E-state index contributed by atoms with van der Waals surface area (Å²) in [6.07, 6.45) is 1.86. The fraction of sp³-hybridized carbons (Fsp3) is 0.222. The number of nitrogens with one attached hydrogen (secondary N) is 2. The molecule has 2 N–H and O–H groups in total. The molecule has 4 rings (SSSR count). The van der Waals surface area contributed by atoms with Crippen LogP contribution >= 0.6 is 11.8 Å². The van der Waals surface area contributed by atoms with E-state index in [1.54, 1.807) is 7.11 Å². The molecule has 0 radical (unpaired) electrons. The minimum atomic E-state index is -0.297. The molecule has 7 heteroatoms. The maximum Gasteiger partial charge on any atom is 0.260 e. The number of benzene rings is 3. The Morgan fingerprint density at radius 2 is 1.79 bits per heavy atom. The largest absolute Gasteiger partial charge is 0.495 e. The zero-order valence-corrected chi connectivity index (χ0v) is 20.3. The van der Waals surface area contributed by atoms with Crippen molar-refractivity contribution in [2.24, 2.45) is 0 Å². The lowest BCUT2D eigenvalue weighted by molar-refractivity contribution is -0.116. The molecule has 1 aliphatic heterocycles. The van der Waals surface area contributed by atoms with Crippen molar-refractivity contribution < 1.29 is 19.0 Å². The van der Waals surface area contributed by atoms with Gasteiger partial charge < -0.3 is 24.8 Å². The standard InChI is InChI=1S/C27H28N2O4S/c1-4-32-24-15-20(11-13-23(24)33-17-19-8-6-5-7-9-19)16-25-26(30)29-27(34-25)28-21-14-18(2)10-12-22(21)31-3/h5-16,27-28H,4,17H2,1-3H3,(H,29,30)/b25-16-. The van der Waals surface area contributed by atoms with Crippen LogP contribution in [-0.4, -0.2) is 25.1 Å². The van der Waals surface area contributed by atoms with Gasteiger partial charge in [0, 0.05) is 0 Å². The van der Waals surface area contributed by atoms with Crippen LogP contribution in [0.3, 0.4) is 0 Å². The van der Waals surface area contributed by atoms with E-state index in [9.17, 15) is 4.79 Å². The third-order valence-corrected chi connectivity index (χ3v) is 6.20. The Morgan fingerprint density at radius 1 is 1.00 bits per heavy atom. The van der Waals surface area contributed by atoms with Crippen LogP contribution in [0.1, 0.15) is 23.6 Å². The molecule has 176 valence electrons. The van der Waals surface area contributed by atoms with E-state index in [1.165, 1.54) is 11.8 Å². The average molecular weight is 477 g/mol. The summed E-state index contributed by atoms with van der Waals surface area (Å²) < 4.78 is 17.2. The van der Waals surface area contributed by atoms with Crippen molar-refractivity contribution in [1.29, 1.82) is 0 Å². The summed E-state index contributed by atoms with van der Waals surface area (Å²) in [4.78, 5) is 13.2. The topological polar surface area (TPSA) is 68.8 Å². The van der Waals surface area contributed by atoms with Gasteiger partial charge >= 0.3 is 0 Å². The van der Waals surface area contributed by atoms with Crippen molar-refractivity contribution in [1.82, 2.24) is 5.32 Å². The lowest BCUT2D eigenvalue weighted by Gasteiger charge is -2.16. The molecule has 1 fully saturated rings. The molecule has 6 nitrogen and oxygen atoms in total. The molecule has 1 heterocycles. The first-order valence-corrected chi connectivity index (χ1v) is 12.0. The van der Waals surface area contributed by atoms with Crippen molar-refractivity contribution in [2.75, 3.05) is 19.0 Å². The van der Waals surface area contributed by atoms with Crippen molar-refractivity contribution in [3.8, 4) is 17.2 Å². The molecule has 0 spiro atoms. The summed E-state index contributed by atoms with van der Waals surface area (Å²) in [5, 5.41) is 6.31. The van der Waals surface area contributed by atoms with Gasteiger partial charge in [0.15, 0.2) is 17.0 Å². The highest BCUT2D eigenvalue weighted by Crippen LogP contribution is 2.35. The Kier molecular flexibility index (Phi) is 7.65. The van der Waals surface area contributed by atoms with E-state index in [0.717, 1.165) is 28.1 Å². The second kappa shape index (κ2) is 11.0. The molecule has 0 bridgehead atoms. The minimum absolute atomic E-state index is 0.128. The van der Waals surface area contributed by atoms with Crippen LogP contribution < -0.4 is 24.8 Å². The molecule has 0 saturated carbocycles. The van der Waals surface area contributed by atoms with Gasteiger partial charge in [-0.05, 0) is 60.9 Å². The quantitative estimate of drug-likeness (QED) is 0.393. The SMILES string of the molecule is CCOc1cc(/C=C2\SC(Nc3cc(C)ccc3OC)NC2=O)ccc1OCc1ccccc1. The second-order valence-corrected chi connectivity index (χ2v) is 8.89. The molecule has 1 saturated heterocycles. The maximum atomic E-state index is 12.6. The predicted molar refractivity (Wildman–Crippen MR) is 137 cm³/mol. The van der Waals surface area contributed by atoms with Crippen LogP contribution in [0, 0.1) is 6.92 Å². The zero-order chi connectivity index (χ0) is 23.9. The van der Waals surface area contributed by atoms with Crippen LogP contribution in [0.4, 0.5) is 5.69 Å². The van der Waals surface area contributed by atoms with Crippen LogP contribution in [0.25, 0.3) is 6.08 Å². The summed E-state index contributed by atoms with van der Waals surface area (Å²) in [6.45, 7) is 4.92. The zero-order valence-electron chi connectivity index (χ0n) is 19.5. The molecule has 1 aliphatic rings. The highest BCUT2D eigenvalue weighted by atomic mass is 32.2. The summed E-state index contributed by atoms with van der Waals surface area (Å²) in [7, 11) is 1.63. The van der Waals surface area contributed by atoms with Gasteiger partial charge in [-0.25, -0.2) is 0 Å². The van der Waals surface area contributed by atoms with Crippen LogP contribution in [0.2, 0.25) is 0 Å². The molecule has 34 heavy (non-hydrogen) atoms. The number of rotatable bonds is 9. The van der Waals surface area contributed by atoms with Crippen molar-refractivity contribution >= 4 is 29.4 Å². The Bertz CT molecular complexity index is 1180. The van der Waals surface area contributed by atoms with E-state index in [0.29, 0.717) is 29.6 Å². The number of thioether (sulfide) groups is 1. The molecular formula is C27H28N2O4S. The van der Waals surface area contributed by atoms with Gasteiger partial charge in [-0.3, -0.25) is 4.79 Å². The molecule has 0 aromatic heterocycles. The monoisotopic (exact) mass is 476 g/mol. The highest BCUT2D eigenvalue weighted by molar-refractivity contribution is 8.05. The Morgan fingerprint density at radius 3 is 2.56 bits per heavy atom. The van der Waals surface area contributed by atoms with Crippen LogP contribution in [-0.2, 0) is 11.4 Å². The van der Waals surface area contributed by atoms with Gasteiger partial charge in [0.05, 0.1) is 24.3 Å². The average Bonchev–Trinajstić information content (AvgIpc) is 3.18. The number of hydrogen-bond acceptors (Lipinski definition) is 6. The molecule has 0 aliphatic carbocycles. The van der Waals surface area contributed by atoms with Crippen LogP contribution in [0.5, 0.6) is 17.2 Å². The molecule has 1 amide bonds. The third-order valence-electron chi connectivity index (χ3n) is 5.17. The first-order chi connectivity index (χ1) is 16.6. The molecule has 1 unspecified atom stereocenters. The smallest absolute Gasteiger partial charge is 0.260 e. The Labute approximate surface area is 204 Å². The van der Waals surface area contributed by atoms with Gasteiger partial charge in [0.2, 0.25) is 0 Å². The maximum absolute atomic E-state index is 12.6. The summed E-state index contributed by atoms with van der Waals surface area (Å²) >= 11 is 1.43. The highest BCUT2D eigenvalue weighted by Gasteiger charge is 2.28. The Balaban J connectivity index is 1.48. The number of methoxy groups -OCH3 is 1. The Hall–Kier alpha value is -3.58. The first-order valence-electron chi connectivity index (χ1n) is 11.1. The van der Waals surface area contributed by atoms with Crippen molar-refractivity contribution in [3.05, 3.63) is 88.3 Å². The number of carbonyl (C=O) groups is 1. The van der Waals surface area contributed by atoms with Crippen molar-refractivity contribution in [2.45, 2.75) is 26.0 Å². The van der Waals surface area contributed by atoms with Crippen molar-refractivity contribution in [3.63, 3.8) is 0 Å². The number of carbonyl (C=O) groups excluding carboxylic acids is 1. The van der Waals surface area contributed by atoms with Gasteiger partial charge in [0.1, 0.15) is 12.4 Å². The van der Waals surface area contributed by atoms with E-state index >= 15 is 0 Å². The molecular weight excluding hydrogens is 448 g/mol. The number of amides is 1. The lowest BCUT2D eigenvalue weighted by atomic mass is 10.2. The number of anilines is 1.